The first kappa shape index (κ1) is 18.4. The average molecular weight is 348 g/mol. The third kappa shape index (κ3) is 4.22. The molecule has 1 aliphatic carbocycles. The highest BCUT2D eigenvalue weighted by Gasteiger charge is 2.32. The molecule has 140 valence electrons. The van der Waals surface area contributed by atoms with Crippen LogP contribution >= 0.6 is 0 Å². The summed E-state index contributed by atoms with van der Waals surface area (Å²) in [5, 5.41) is 11.5. The van der Waals surface area contributed by atoms with Gasteiger partial charge in [0, 0.05) is 13.0 Å². The van der Waals surface area contributed by atoms with Crippen LogP contribution in [0.15, 0.2) is 0 Å². The van der Waals surface area contributed by atoms with Crippen LogP contribution in [0, 0.1) is 17.8 Å². The molecule has 1 aromatic heterocycles. The van der Waals surface area contributed by atoms with E-state index in [-0.39, 0.29) is 24.7 Å². The Morgan fingerprint density at radius 1 is 1.32 bits per heavy atom. The average Bonchev–Trinajstić information content (AvgIpc) is 3.15. The van der Waals surface area contributed by atoms with Crippen molar-refractivity contribution in [1.29, 1.82) is 0 Å². The monoisotopic (exact) mass is 348 g/mol. The summed E-state index contributed by atoms with van der Waals surface area (Å²) in [4.78, 5) is 12.4. The molecule has 6 heteroatoms. The second-order valence-corrected chi connectivity index (χ2v) is 8.19. The van der Waals surface area contributed by atoms with Crippen LogP contribution in [0.2, 0.25) is 0 Å². The van der Waals surface area contributed by atoms with Gasteiger partial charge in [0.2, 0.25) is 5.91 Å². The number of ether oxygens (including phenoxy) is 1. The first-order valence-electron chi connectivity index (χ1n) is 9.78. The number of rotatable bonds is 6. The molecule has 1 saturated carbocycles. The van der Waals surface area contributed by atoms with Crippen LogP contribution in [0.4, 0.5) is 0 Å². The number of aryl methyl sites for hydroxylation is 1. The van der Waals surface area contributed by atoms with Crippen LogP contribution in [0.25, 0.3) is 0 Å². The maximum atomic E-state index is 12.4. The largest absolute Gasteiger partial charge is 0.368 e. The Kier molecular flexibility index (Phi) is 5.77. The summed E-state index contributed by atoms with van der Waals surface area (Å²) in [5.74, 6) is 3.65. The molecule has 6 nitrogen and oxygen atoms in total. The van der Waals surface area contributed by atoms with Crippen LogP contribution in [-0.4, -0.2) is 33.4 Å². The lowest BCUT2D eigenvalue weighted by Crippen LogP contribution is -2.38. The fourth-order valence-corrected chi connectivity index (χ4v) is 4.33. The highest BCUT2D eigenvalue weighted by atomic mass is 16.5. The molecule has 0 aromatic carbocycles. The number of fused-ring (bicyclic) bond motifs is 1. The molecule has 0 bridgehead atoms. The van der Waals surface area contributed by atoms with Gasteiger partial charge in [-0.3, -0.25) is 4.79 Å². The molecule has 0 saturated heterocycles. The van der Waals surface area contributed by atoms with Crippen molar-refractivity contribution in [3.05, 3.63) is 11.6 Å². The zero-order valence-corrected chi connectivity index (χ0v) is 16.0. The van der Waals surface area contributed by atoms with E-state index in [0.29, 0.717) is 17.8 Å². The van der Waals surface area contributed by atoms with Crippen LogP contribution in [0.5, 0.6) is 0 Å². The molecule has 1 fully saturated rings. The molecule has 1 aromatic rings. The number of carbonyl (C=O) groups is 1. The van der Waals surface area contributed by atoms with Gasteiger partial charge in [-0.15, -0.1) is 10.2 Å². The number of aromatic nitrogens is 3. The molecule has 2 heterocycles. The Morgan fingerprint density at radius 2 is 2.12 bits per heavy atom. The van der Waals surface area contributed by atoms with E-state index in [4.69, 9.17) is 4.74 Å². The number of hydrogen-bond donors (Lipinski definition) is 1. The Morgan fingerprint density at radius 3 is 2.88 bits per heavy atom. The Bertz CT molecular complexity index is 598. The molecule has 2 aliphatic rings. The van der Waals surface area contributed by atoms with Gasteiger partial charge in [0.1, 0.15) is 12.4 Å². The zero-order valence-electron chi connectivity index (χ0n) is 16.0. The predicted molar refractivity (Wildman–Crippen MR) is 96.0 cm³/mol. The van der Waals surface area contributed by atoms with E-state index in [1.165, 1.54) is 12.8 Å². The minimum Gasteiger partial charge on any atom is -0.368 e. The van der Waals surface area contributed by atoms with E-state index < -0.39 is 0 Å². The van der Waals surface area contributed by atoms with Crippen molar-refractivity contribution in [2.24, 2.45) is 17.8 Å². The number of hydrogen-bond acceptors (Lipinski definition) is 4. The van der Waals surface area contributed by atoms with Gasteiger partial charge in [0.15, 0.2) is 5.82 Å². The Hall–Kier alpha value is -1.43. The smallest absolute Gasteiger partial charge is 0.246 e. The molecule has 25 heavy (non-hydrogen) atoms. The van der Waals surface area contributed by atoms with Crippen molar-refractivity contribution in [1.82, 2.24) is 20.1 Å². The van der Waals surface area contributed by atoms with Gasteiger partial charge in [0.05, 0.1) is 12.1 Å². The molecule has 1 N–H and O–H groups in total. The molecular weight excluding hydrogens is 316 g/mol. The molecule has 0 spiro atoms. The van der Waals surface area contributed by atoms with Gasteiger partial charge in [-0.2, -0.15) is 0 Å². The van der Waals surface area contributed by atoms with Gasteiger partial charge in [-0.1, -0.05) is 27.2 Å². The van der Waals surface area contributed by atoms with Crippen molar-refractivity contribution in [2.45, 2.75) is 78.5 Å². The van der Waals surface area contributed by atoms with Crippen molar-refractivity contribution in [2.75, 3.05) is 6.61 Å². The summed E-state index contributed by atoms with van der Waals surface area (Å²) in [6, 6.07) is -0.137. The second-order valence-electron chi connectivity index (χ2n) is 8.19. The van der Waals surface area contributed by atoms with E-state index in [2.05, 4.69) is 40.9 Å². The number of nitrogens with zero attached hydrogens (tertiary/aromatic N) is 3. The minimum absolute atomic E-state index is 0.0661. The van der Waals surface area contributed by atoms with Gasteiger partial charge in [-0.25, -0.2) is 0 Å². The molecule has 4 atom stereocenters. The molecular formula is C19H32N4O2. The van der Waals surface area contributed by atoms with Crippen LogP contribution < -0.4 is 5.32 Å². The summed E-state index contributed by atoms with van der Waals surface area (Å²) >= 11 is 0. The normalized spacial score (nSPS) is 27.3. The first-order valence-corrected chi connectivity index (χ1v) is 9.78. The lowest BCUT2D eigenvalue weighted by Gasteiger charge is -2.37. The van der Waals surface area contributed by atoms with E-state index in [9.17, 15) is 4.79 Å². The number of amides is 1. The predicted octanol–water partition coefficient (Wildman–Crippen LogP) is 2.88. The maximum absolute atomic E-state index is 12.4. The summed E-state index contributed by atoms with van der Waals surface area (Å²) in [5.41, 5.74) is 0. The number of nitrogens with one attached hydrogen (secondary N) is 1. The fourth-order valence-electron chi connectivity index (χ4n) is 4.33. The van der Waals surface area contributed by atoms with Crippen molar-refractivity contribution in [3.63, 3.8) is 0 Å². The van der Waals surface area contributed by atoms with Gasteiger partial charge < -0.3 is 14.6 Å². The summed E-state index contributed by atoms with van der Waals surface area (Å²) < 4.78 is 8.17. The van der Waals surface area contributed by atoms with E-state index in [1.807, 2.05) is 6.92 Å². The van der Waals surface area contributed by atoms with E-state index in [1.54, 1.807) is 0 Å². The standard InChI is InChI=1S/C19H32N4O2/c1-12(2)15-8-7-13(3)10-16(15)25-11-18(24)20-14(4)19-22-21-17-6-5-9-23(17)19/h12-16H,5-11H2,1-4H3,(H,20,24)/t13-,14+,15-,16+/m1/s1. The highest BCUT2D eigenvalue weighted by Crippen LogP contribution is 2.35. The topological polar surface area (TPSA) is 69.0 Å². The molecule has 1 aliphatic heterocycles. The number of carbonyl (C=O) groups excluding carboxylic acids is 1. The van der Waals surface area contributed by atoms with Crippen LogP contribution in [0.3, 0.4) is 0 Å². The Balaban J connectivity index is 1.51. The third-order valence-electron chi connectivity index (χ3n) is 5.79. The van der Waals surface area contributed by atoms with Gasteiger partial charge in [0.25, 0.3) is 0 Å². The quantitative estimate of drug-likeness (QED) is 0.858. The molecule has 0 radical (unpaired) electrons. The fraction of sp³-hybridized carbons (Fsp3) is 0.842. The third-order valence-corrected chi connectivity index (χ3v) is 5.79. The van der Waals surface area contributed by atoms with Gasteiger partial charge in [-0.05, 0) is 43.9 Å². The van der Waals surface area contributed by atoms with E-state index >= 15 is 0 Å². The zero-order chi connectivity index (χ0) is 18.0. The SMILES string of the molecule is CC(C)[C@H]1CC[C@@H](C)C[C@@H]1OCC(=O)N[C@@H](C)c1nnc2n1CCC2. The highest BCUT2D eigenvalue weighted by molar-refractivity contribution is 5.77. The summed E-state index contributed by atoms with van der Waals surface area (Å²) in [7, 11) is 0. The van der Waals surface area contributed by atoms with Crippen molar-refractivity contribution < 1.29 is 9.53 Å². The van der Waals surface area contributed by atoms with Crippen molar-refractivity contribution in [3.8, 4) is 0 Å². The van der Waals surface area contributed by atoms with E-state index in [0.717, 1.165) is 37.5 Å². The van der Waals surface area contributed by atoms with Crippen LogP contribution in [-0.2, 0) is 22.5 Å². The Labute approximate surface area is 150 Å². The van der Waals surface area contributed by atoms with Crippen LogP contribution in [0.1, 0.15) is 71.1 Å². The summed E-state index contributed by atoms with van der Waals surface area (Å²) in [6.45, 7) is 9.83. The second kappa shape index (κ2) is 7.85. The molecule has 0 unspecified atom stereocenters. The minimum atomic E-state index is -0.137. The van der Waals surface area contributed by atoms with Crippen molar-refractivity contribution >= 4 is 5.91 Å². The lowest BCUT2D eigenvalue weighted by atomic mass is 9.75. The molecule has 1 amide bonds. The lowest BCUT2D eigenvalue weighted by molar-refractivity contribution is -0.132. The summed E-state index contributed by atoms with van der Waals surface area (Å²) in [6.07, 6.45) is 5.81. The van der Waals surface area contributed by atoms with Gasteiger partial charge >= 0.3 is 0 Å². The maximum Gasteiger partial charge on any atom is 0.246 e. The molecule has 3 rings (SSSR count). The first-order chi connectivity index (χ1) is 12.0.